The van der Waals surface area contributed by atoms with E-state index in [4.69, 9.17) is 9.47 Å². The lowest BCUT2D eigenvalue weighted by Gasteiger charge is -2.27. The van der Waals surface area contributed by atoms with Crippen LogP contribution in [0.1, 0.15) is 44.1 Å². The topological polar surface area (TPSA) is 38.7 Å². The van der Waals surface area contributed by atoms with Gasteiger partial charge in [0.05, 0.1) is 20.3 Å². The summed E-state index contributed by atoms with van der Waals surface area (Å²) in [6, 6.07) is 6.11. The second-order valence-corrected chi connectivity index (χ2v) is 5.69. The lowest BCUT2D eigenvalue weighted by atomic mass is 9.83. The summed E-state index contributed by atoms with van der Waals surface area (Å²) >= 11 is 0. The molecule has 0 bridgehead atoms. The molecule has 0 aliphatic heterocycles. The Morgan fingerprint density at radius 2 is 1.85 bits per heavy atom. The Hall–Kier alpha value is -1.22. The van der Waals surface area contributed by atoms with Gasteiger partial charge in [-0.25, -0.2) is 0 Å². The summed E-state index contributed by atoms with van der Waals surface area (Å²) in [5, 5.41) is 9.98. The van der Waals surface area contributed by atoms with Gasteiger partial charge in [-0.3, -0.25) is 0 Å². The van der Waals surface area contributed by atoms with Crippen LogP contribution in [0.25, 0.3) is 0 Å². The molecule has 0 spiro atoms. The predicted molar refractivity (Wildman–Crippen MR) is 80.4 cm³/mol. The molecule has 3 heteroatoms. The van der Waals surface area contributed by atoms with Crippen molar-refractivity contribution in [2.45, 2.75) is 51.0 Å². The Bertz CT molecular complexity index is 417. The molecule has 0 aromatic heterocycles. The van der Waals surface area contributed by atoms with E-state index >= 15 is 0 Å². The second-order valence-electron chi connectivity index (χ2n) is 5.69. The van der Waals surface area contributed by atoms with Crippen molar-refractivity contribution in [3.05, 3.63) is 23.8 Å². The van der Waals surface area contributed by atoms with Gasteiger partial charge in [0.2, 0.25) is 0 Å². The number of aliphatic hydroxyl groups excluding tert-OH is 1. The molecule has 0 saturated heterocycles. The Labute approximate surface area is 121 Å². The normalized spacial score (nSPS) is 22.6. The third kappa shape index (κ3) is 3.89. The quantitative estimate of drug-likeness (QED) is 0.864. The van der Waals surface area contributed by atoms with Crippen molar-refractivity contribution in [1.82, 2.24) is 0 Å². The Balaban J connectivity index is 1.84. The number of aliphatic hydroxyl groups is 1. The van der Waals surface area contributed by atoms with E-state index < -0.39 is 0 Å². The SMILES string of the molecule is COc1ccc(CCC[C@@H]2CCCC[C@@H]2O)cc1OC. The molecule has 1 N–H and O–H groups in total. The molecule has 20 heavy (non-hydrogen) atoms. The van der Waals surface area contributed by atoms with Crippen LogP contribution in [-0.4, -0.2) is 25.4 Å². The molecule has 1 aliphatic rings. The number of hydrogen-bond donors (Lipinski definition) is 1. The first-order chi connectivity index (χ1) is 9.74. The summed E-state index contributed by atoms with van der Waals surface area (Å²) in [5.74, 6) is 2.07. The average molecular weight is 278 g/mol. The van der Waals surface area contributed by atoms with E-state index in [9.17, 15) is 5.11 Å². The maximum Gasteiger partial charge on any atom is 0.160 e. The maximum absolute atomic E-state index is 9.98. The summed E-state index contributed by atoms with van der Waals surface area (Å²) in [5.41, 5.74) is 1.27. The fraction of sp³-hybridized carbons (Fsp3) is 0.647. The van der Waals surface area contributed by atoms with Gasteiger partial charge in [0.25, 0.3) is 0 Å². The van der Waals surface area contributed by atoms with E-state index in [2.05, 4.69) is 12.1 Å². The third-order valence-corrected chi connectivity index (χ3v) is 4.36. The van der Waals surface area contributed by atoms with Crippen LogP contribution in [0.2, 0.25) is 0 Å². The number of benzene rings is 1. The third-order valence-electron chi connectivity index (χ3n) is 4.36. The molecule has 2 rings (SSSR count). The summed E-state index contributed by atoms with van der Waals surface area (Å²) in [6.07, 6.45) is 7.84. The summed E-state index contributed by atoms with van der Waals surface area (Å²) in [6.45, 7) is 0. The molecule has 3 nitrogen and oxygen atoms in total. The Kier molecular flexibility index (Phi) is 5.72. The number of aryl methyl sites for hydroxylation is 1. The van der Waals surface area contributed by atoms with Gasteiger partial charge in [0.15, 0.2) is 11.5 Å². The molecular weight excluding hydrogens is 252 g/mol. The molecule has 0 unspecified atom stereocenters. The molecule has 1 saturated carbocycles. The zero-order chi connectivity index (χ0) is 14.4. The van der Waals surface area contributed by atoms with E-state index in [1.807, 2.05) is 6.07 Å². The zero-order valence-corrected chi connectivity index (χ0v) is 12.6. The summed E-state index contributed by atoms with van der Waals surface area (Å²) in [4.78, 5) is 0. The first kappa shape index (κ1) is 15.2. The van der Waals surface area contributed by atoms with Crippen molar-refractivity contribution >= 4 is 0 Å². The van der Waals surface area contributed by atoms with Crippen LogP contribution in [0, 0.1) is 5.92 Å². The van der Waals surface area contributed by atoms with Gasteiger partial charge >= 0.3 is 0 Å². The van der Waals surface area contributed by atoms with Crippen molar-refractivity contribution in [2.24, 2.45) is 5.92 Å². The fourth-order valence-corrected chi connectivity index (χ4v) is 3.13. The smallest absolute Gasteiger partial charge is 0.160 e. The van der Waals surface area contributed by atoms with Gasteiger partial charge in [-0.05, 0) is 55.7 Å². The highest BCUT2D eigenvalue weighted by atomic mass is 16.5. The lowest BCUT2D eigenvalue weighted by Crippen LogP contribution is -2.24. The molecule has 0 heterocycles. The van der Waals surface area contributed by atoms with Gasteiger partial charge in [-0.1, -0.05) is 18.9 Å². The minimum atomic E-state index is -0.0749. The minimum absolute atomic E-state index is 0.0749. The van der Waals surface area contributed by atoms with Gasteiger partial charge in [-0.15, -0.1) is 0 Å². The molecule has 112 valence electrons. The molecule has 1 aliphatic carbocycles. The van der Waals surface area contributed by atoms with Crippen LogP contribution < -0.4 is 9.47 Å². The monoisotopic (exact) mass is 278 g/mol. The highest BCUT2D eigenvalue weighted by Gasteiger charge is 2.22. The van der Waals surface area contributed by atoms with Gasteiger partial charge < -0.3 is 14.6 Å². The highest BCUT2D eigenvalue weighted by Crippen LogP contribution is 2.30. The molecule has 0 radical (unpaired) electrons. The van der Waals surface area contributed by atoms with Crippen molar-refractivity contribution in [1.29, 1.82) is 0 Å². The molecular formula is C17H26O3. The number of methoxy groups -OCH3 is 2. The van der Waals surface area contributed by atoms with Crippen LogP contribution in [0.15, 0.2) is 18.2 Å². The largest absolute Gasteiger partial charge is 0.493 e. The van der Waals surface area contributed by atoms with Gasteiger partial charge in [0, 0.05) is 0 Å². The number of rotatable bonds is 6. The standard InChI is InChI=1S/C17H26O3/c1-19-16-11-10-13(12-17(16)20-2)6-5-8-14-7-3-4-9-15(14)18/h10-12,14-15,18H,3-9H2,1-2H3/t14-,15-/m0/s1. The van der Waals surface area contributed by atoms with Crippen molar-refractivity contribution in [3.8, 4) is 11.5 Å². The Morgan fingerprint density at radius 3 is 2.55 bits per heavy atom. The van der Waals surface area contributed by atoms with Gasteiger partial charge in [0.1, 0.15) is 0 Å². The molecule has 1 aromatic carbocycles. The predicted octanol–water partition coefficient (Wildman–Crippen LogP) is 3.58. The zero-order valence-electron chi connectivity index (χ0n) is 12.6. The Morgan fingerprint density at radius 1 is 1.10 bits per heavy atom. The van der Waals surface area contributed by atoms with Gasteiger partial charge in [-0.2, -0.15) is 0 Å². The number of ether oxygens (including phenoxy) is 2. The van der Waals surface area contributed by atoms with Crippen LogP contribution >= 0.6 is 0 Å². The van der Waals surface area contributed by atoms with E-state index in [-0.39, 0.29) is 6.10 Å². The first-order valence-corrected chi connectivity index (χ1v) is 7.63. The van der Waals surface area contributed by atoms with Crippen LogP contribution in [0.3, 0.4) is 0 Å². The van der Waals surface area contributed by atoms with E-state index in [1.54, 1.807) is 14.2 Å². The minimum Gasteiger partial charge on any atom is -0.493 e. The highest BCUT2D eigenvalue weighted by molar-refractivity contribution is 5.42. The average Bonchev–Trinajstić information content (AvgIpc) is 2.49. The molecule has 0 amide bonds. The van der Waals surface area contributed by atoms with E-state index in [1.165, 1.54) is 24.8 Å². The summed E-state index contributed by atoms with van der Waals surface area (Å²) in [7, 11) is 3.32. The summed E-state index contributed by atoms with van der Waals surface area (Å²) < 4.78 is 10.6. The second kappa shape index (κ2) is 7.53. The maximum atomic E-state index is 9.98. The fourth-order valence-electron chi connectivity index (χ4n) is 3.13. The van der Waals surface area contributed by atoms with Crippen molar-refractivity contribution in [2.75, 3.05) is 14.2 Å². The molecule has 1 aromatic rings. The molecule has 2 atom stereocenters. The van der Waals surface area contributed by atoms with Crippen LogP contribution in [0.4, 0.5) is 0 Å². The van der Waals surface area contributed by atoms with E-state index in [0.29, 0.717) is 5.92 Å². The lowest BCUT2D eigenvalue weighted by molar-refractivity contribution is 0.0643. The first-order valence-electron chi connectivity index (χ1n) is 7.63. The van der Waals surface area contributed by atoms with E-state index in [0.717, 1.165) is 37.2 Å². The van der Waals surface area contributed by atoms with Crippen LogP contribution in [-0.2, 0) is 6.42 Å². The number of hydrogen-bond acceptors (Lipinski definition) is 3. The van der Waals surface area contributed by atoms with Crippen LogP contribution in [0.5, 0.6) is 11.5 Å². The van der Waals surface area contributed by atoms with Crippen molar-refractivity contribution < 1.29 is 14.6 Å². The van der Waals surface area contributed by atoms with Crippen molar-refractivity contribution in [3.63, 3.8) is 0 Å². The molecule has 1 fully saturated rings.